The molecule has 0 fully saturated rings. The molecule has 2 aromatic carbocycles. The lowest BCUT2D eigenvalue weighted by Gasteiger charge is -2.18. The van der Waals surface area contributed by atoms with Crippen LogP contribution in [0.2, 0.25) is 0 Å². The normalized spacial score (nSPS) is 10.5. The Labute approximate surface area is 124 Å². The molecule has 0 saturated heterocycles. The lowest BCUT2D eigenvalue weighted by atomic mass is 10.1. The number of rotatable bonds is 4. The van der Waals surface area contributed by atoms with Crippen LogP contribution in [-0.2, 0) is 13.1 Å². The Balaban J connectivity index is 2.15. The molecule has 0 aliphatic rings. The van der Waals surface area contributed by atoms with Gasteiger partial charge in [-0.15, -0.1) is 0 Å². The van der Waals surface area contributed by atoms with E-state index in [9.17, 15) is 9.18 Å². The highest BCUT2D eigenvalue weighted by atomic mass is 19.1. The minimum atomic E-state index is -0.392. The summed E-state index contributed by atoms with van der Waals surface area (Å²) < 4.78 is 13.4. The molecule has 2 aromatic rings. The summed E-state index contributed by atoms with van der Waals surface area (Å²) in [5.41, 5.74) is 8.74. The highest BCUT2D eigenvalue weighted by Gasteiger charge is 2.13. The average Bonchev–Trinajstić information content (AvgIpc) is 2.45. The third kappa shape index (κ3) is 3.89. The fraction of sp³-hybridized carbons (Fsp3) is 0.235. The fourth-order valence-electron chi connectivity index (χ4n) is 2.28. The van der Waals surface area contributed by atoms with E-state index in [1.807, 2.05) is 24.3 Å². The first-order valence-electron chi connectivity index (χ1n) is 6.80. The van der Waals surface area contributed by atoms with Gasteiger partial charge in [-0.2, -0.15) is 0 Å². The van der Waals surface area contributed by atoms with Crippen molar-refractivity contribution in [2.24, 2.45) is 5.73 Å². The number of hydrogen-bond acceptors (Lipinski definition) is 2. The Morgan fingerprint density at radius 3 is 2.57 bits per heavy atom. The molecule has 110 valence electrons. The van der Waals surface area contributed by atoms with E-state index in [1.54, 1.807) is 24.9 Å². The number of nitrogens with two attached hydrogens (primary N) is 1. The Bertz CT molecular complexity index is 635. The van der Waals surface area contributed by atoms with Gasteiger partial charge in [0.1, 0.15) is 5.82 Å². The van der Waals surface area contributed by atoms with Crippen LogP contribution >= 0.6 is 0 Å². The number of benzene rings is 2. The van der Waals surface area contributed by atoms with Gasteiger partial charge in [0.05, 0.1) is 0 Å². The van der Waals surface area contributed by atoms with E-state index in [0.29, 0.717) is 18.7 Å². The van der Waals surface area contributed by atoms with Gasteiger partial charge in [-0.05, 0) is 41.8 Å². The highest BCUT2D eigenvalue weighted by Crippen LogP contribution is 2.13. The molecular weight excluding hydrogens is 267 g/mol. The second-order valence-electron chi connectivity index (χ2n) is 5.20. The Morgan fingerprint density at radius 1 is 1.19 bits per heavy atom. The van der Waals surface area contributed by atoms with Gasteiger partial charge >= 0.3 is 0 Å². The molecule has 0 aromatic heterocycles. The summed E-state index contributed by atoms with van der Waals surface area (Å²) in [6.07, 6.45) is 0. The van der Waals surface area contributed by atoms with Gasteiger partial charge < -0.3 is 10.6 Å². The number of amides is 1. The van der Waals surface area contributed by atoms with E-state index in [2.05, 4.69) is 0 Å². The van der Waals surface area contributed by atoms with E-state index in [-0.39, 0.29) is 5.91 Å². The molecule has 21 heavy (non-hydrogen) atoms. The van der Waals surface area contributed by atoms with Crippen molar-refractivity contribution in [1.29, 1.82) is 0 Å². The summed E-state index contributed by atoms with van der Waals surface area (Å²) in [6.45, 7) is 2.70. The van der Waals surface area contributed by atoms with Gasteiger partial charge in [0.15, 0.2) is 0 Å². The maximum Gasteiger partial charge on any atom is 0.254 e. The second-order valence-corrected chi connectivity index (χ2v) is 5.20. The standard InChI is InChI=1S/C17H19FN2O/c1-12-6-15(9-16(18)7-12)17(21)20(2)11-14-5-3-4-13(8-14)10-19/h3-9H,10-11,19H2,1-2H3. The first-order valence-corrected chi connectivity index (χ1v) is 6.80. The van der Waals surface area contributed by atoms with E-state index in [4.69, 9.17) is 5.73 Å². The summed E-state index contributed by atoms with van der Waals surface area (Å²) in [6, 6.07) is 12.1. The molecular formula is C17H19FN2O. The van der Waals surface area contributed by atoms with Crippen molar-refractivity contribution in [1.82, 2.24) is 4.90 Å². The number of carbonyl (C=O) groups excluding carboxylic acids is 1. The number of halogens is 1. The summed E-state index contributed by atoms with van der Waals surface area (Å²) >= 11 is 0. The van der Waals surface area contributed by atoms with Gasteiger partial charge in [0.25, 0.3) is 5.91 Å². The van der Waals surface area contributed by atoms with Gasteiger partial charge in [-0.3, -0.25) is 4.79 Å². The number of hydrogen-bond donors (Lipinski definition) is 1. The Kier molecular flexibility index (Phi) is 4.70. The monoisotopic (exact) mass is 286 g/mol. The largest absolute Gasteiger partial charge is 0.337 e. The molecule has 0 bridgehead atoms. The highest BCUT2D eigenvalue weighted by molar-refractivity contribution is 5.94. The molecule has 0 aliphatic heterocycles. The predicted octanol–water partition coefficient (Wildman–Crippen LogP) is 2.87. The van der Waals surface area contributed by atoms with Crippen LogP contribution in [0.1, 0.15) is 27.0 Å². The third-order valence-corrected chi connectivity index (χ3v) is 3.28. The number of aryl methyl sites for hydroxylation is 1. The maximum atomic E-state index is 13.4. The Hall–Kier alpha value is -2.20. The fourth-order valence-corrected chi connectivity index (χ4v) is 2.28. The van der Waals surface area contributed by atoms with E-state index >= 15 is 0 Å². The number of carbonyl (C=O) groups is 1. The molecule has 0 atom stereocenters. The van der Waals surface area contributed by atoms with Crippen molar-refractivity contribution in [2.75, 3.05) is 7.05 Å². The van der Waals surface area contributed by atoms with E-state index in [1.165, 1.54) is 12.1 Å². The summed E-state index contributed by atoms with van der Waals surface area (Å²) in [5.74, 6) is -0.590. The molecule has 0 aliphatic carbocycles. The first kappa shape index (κ1) is 15.2. The summed E-state index contributed by atoms with van der Waals surface area (Å²) in [7, 11) is 1.71. The van der Waals surface area contributed by atoms with Crippen molar-refractivity contribution in [3.63, 3.8) is 0 Å². The van der Waals surface area contributed by atoms with Gasteiger partial charge in [0, 0.05) is 25.7 Å². The first-order chi connectivity index (χ1) is 9.99. The smallest absolute Gasteiger partial charge is 0.254 e. The topological polar surface area (TPSA) is 46.3 Å². The van der Waals surface area contributed by atoms with Crippen molar-refractivity contribution in [3.05, 3.63) is 70.5 Å². The SMILES string of the molecule is Cc1cc(F)cc(C(=O)N(C)Cc2cccc(CN)c2)c1. The van der Waals surface area contributed by atoms with Crippen LogP contribution in [0.3, 0.4) is 0 Å². The zero-order chi connectivity index (χ0) is 15.4. The summed E-state index contributed by atoms with van der Waals surface area (Å²) in [5, 5.41) is 0. The van der Waals surface area contributed by atoms with E-state index in [0.717, 1.165) is 16.7 Å². The molecule has 0 radical (unpaired) electrons. The predicted molar refractivity (Wildman–Crippen MR) is 81.3 cm³/mol. The zero-order valence-electron chi connectivity index (χ0n) is 12.3. The minimum Gasteiger partial charge on any atom is -0.337 e. The lowest BCUT2D eigenvalue weighted by molar-refractivity contribution is 0.0784. The minimum absolute atomic E-state index is 0.198. The van der Waals surface area contributed by atoms with Gasteiger partial charge in [0.2, 0.25) is 0 Å². The van der Waals surface area contributed by atoms with Gasteiger partial charge in [-0.1, -0.05) is 24.3 Å². The van der Waals surface area contributed by atoms with Crippen LogP contribution in [0.5, 0.6) is 0 Å². The van der Waals surface area contributed by atoms with Crippen LogP contribution in [-0.4, -0.2) is 17.9 Å². The second kappa shape index (κ2) is 6.50. The molecule has 0 heterocycles. The molecule has 2 rings (SSSR count). The van der Waals surface area contributed by atoms with Gasteiger partial charge in [-0.25, -0.2) is 4.39 Å². The maximum absolute atomic E-state index is 13.4. The van der Waals surface area contributed by atoms with Crippen molar-refractivity contribution in [2.45, 2.75) is 20.0 Å². The molecule has 2 N–H and O–H groups in total. The third-order valence-electron chi connectivity index (χ3n) is 3.28. The van der Waals surface area contributed by atoms with Crippen molar-refractivity contribution < 1.29 is 9.18 Å². The van der Waals surface area contributed by atoms with Crippen LogP contribution in [0, 0.1) is 12.7 Å². The van der Waals surface area contributed by atoms with Crippen LogP contribution in [0.25, 0.3) is 0 Å². The van der Waals surface area contributed by atoms with Crippen LogP contribution in [0.4, 0.5) is 4.39 Å². The van der Waals surface area contributed by atoms with Crippen LogP contribution in [0.15, 0.2) is 42.5 Å². The Morgan fingerprint density at radius 2 is 1.90 bits per heavy atom. The van der Waals surface area contributed by atoms with Crippen molar-refractivity contribution in [3.8, 4) is 0 Å². The van der Waals surface area contributed by atoms with E-state index < -0.39 is 5.82 Å². The van der Waals surface area contributed by atoms with Crippen molar-refractivity contribution >= 4 is 5.91 Å². The molecule has 3 nitrogen and oxygen atoms in total. The lowest BCUT2D eigenvalue weighted by Crippen LogP contribution is -2.26. The number of nitrogens with zero attached hydrogens (tertiary/aromatic N) is 1. The average molecular weight is 286 g/mol. The summed E-state index contributed by atoms with van der Waals surface area (Å²) in [4.78, 5) is 13.9. The molecule has 4 heteroatoms. The zero-order valence-corrected chi connectivity index (χ0v) is 12.3. The quantitative estimate of drug-likeness (QED) is 0.939. The molecule has 0 unspecified atom stereocenters. The molecule has 0 saturated carbocycles. The molecule has 0 spiro atoms. The molecule has 1 amide bonds. The van der Waals surface area contributed by atoms with Crippen LogP contribution < -0.4 is 5.73 Å².